The minimum absolute atomic E-state index is 0.151. The molecular formula is C23H24N2O4. The largest absolute Gasteiger partial charge is 0.492 e. The van der Waals surface area contributed by atoms with E-state index < -0.39 is 18.0 Å². The van der Waals surface area contributed by atoms with E-state index in [0.717, 1.165) is 16.6 Å². The van der Waals surface area contributed by atoms with Crippen molar-refractivity contribution in [3.63, 3.8) is 0 Å². The lowest BCUT2D eigenvalue weighted by Gasteiger charge is -2.15. The van der Waals surface area contributed by atoms with Crippen molar-refractivity contribution in [1.29, 1.82) is 0 Å². The maximum absolute atomic E-state index is 12.4. The Hall–Kier alpha value is -3.41. The van der Waals surface area contributed by atoms with Gasteiger partial charge in [0.05, 0.1) is 24.2 Å². The topological polar surface area (TPSA) is 77.5 Å². The van der Waals surface area contributed by atoms with Crippen LogP contribution >= 0.6 is 0 Å². The third-order valence-electron chi connectivity index (χ3n) is 4.36. The number of carbonyl (C=O) groups excluding carboxylic acids is 2. The van der Waals surface area contributed by atoms with E-state index in [4.69, 9.17) is 9.47 Å². The van der Waals surface area contributed by atoms with Crippen molar-refractivity contribution < 1.29 is 19.1 Å². The van der Waals surface area contributed by atoms with Crippen molar-refractivity contribution in [3.8, 4) is 5.75 Å². The van der Waals surface area contributed by atoms with E-state index >= 15 is 0 Å². The van der Waals surface area contributed by atoms with Crippen LogP contribution in [0.1, 0.15) is 26.0 Å². The normalized spacial score (nSPS) is 11.7. The summed E-state index contributed by atoms with van der Waals surface area (Å²) >= 11 is 0. The van der Waals surface area contributed by atoms with Gasteiger partial charge in [0.1, 0.15) is 5.75 Å². The van der Waals surface area contributed by atoms with Gasteiger partial charge in [-0.3, -0.25) is 14.6 Å². The number of esters is 1. The highest BCUT2D eigenvalue weighted by atomic mass is 16.5. The van der Waals surface area contributed by atoms with Gasteiger partial charge < -0.3 is 14.8 Å². The highest BCUT2D eigenvalue weighted by Crippen LogP contribution is 2.24. The molecule has 0 bridgehead atoms. The Balaban J connectivity index is 1.52. The van der Waals surface area contributed by atoms with Gasteiger partial charge in [-0.1, -0.05) is 36.4 Å². The van der Waals surface area contributed by atoms with Gasteiger partial charge in [-0.25, -0.2) is 0 Å². The summed E-state index contributed by atoms with van der Waals surface area (Å²) in [6.07, 6.45) is -0.314. The van der Waals surface area contributed by atoms with Gasteiger partial charge in [0.25, 0.3) is 5.91 Å². The molecule has 3 rings (SSSR count). The van der Waals surface area contributed by atoms with E-state index in [1.807, 2.05) is 49.4 Å². The maximum atomic E-state index is 12.4. The van der Waals surface area contributed by atoms with Crippen LogP contribution in [0.4, 0.5) is 5.69 Å². The molecule has 29 heavy (non-hydrogen) atoms. The maximum Gasteiger partial charge on any atom is 0.306 e. The Morgan fingerprint density at radius 2 is 1.79 bits per heavy atom. The predicted molar refractivity (Wildman–Crippen MR) is 112 cm³/mol. The molecular weight excluding hydrogens is 368 g/mol. The van der Waals surface area contributed by atoms with E-state index in [1.165, 1.54) is 0 Å². The second-order valence-electron chi connectivity index (χ2n) is 6.55. The van der Waals surface area contributed by atoms with Crippen LogP contribution in [0, 0.1) is 0 Å². The number of hydrogen-bond donors (Lipinski definition) is 1. The molecule has 0 saturated heterocycles. The zero-order chi connectivity index (χ0) is 20.6. The fraction of sp³-hybridized carbons (Fsp3) is 0.261. The van der Waals surface area contributed by atoms with Crippen molar-refractivity contribution in [2.24, 2.45) is 0 Å². The summed E-state index contributed by atoms with van der Waals surface area (Å²) in [6.45, 7) is 3.90. The molecule has 1 atom stereocenters. The molecule has 0 saturated carbocycles. The number of ether oxygens (including phenoxy) is 2. The number of hydrogen-bond acceptors (Lipinski definition) is 5. The molecule has 1 N–H and O–H groups in total. The number of aromatic nitrogens is 1. The van der Waals surface area contributed by atoms with Gasteiger partial charge in [0, 0.05) is 17.5 Å². The first-order chi connectivity index (χ1) is 14.1. The predicted octanol–water partition coefficient (Wildman–Crippen LogP) is 4.14. The van der Waals surface area contributed by atoms with Crippen molar-refractivity contribution in [3.05, 3.63) is 66.4 Å². The van der Waals surface area contributed by atoms with Crippen molar-refractivity contribution in [2.45, 2.75) is 32.8 Å². The van der Waals surface area contributed by atoms with E-state index in [1.54, 1.807) is 25.1 Å². The van der Waals surface area contributed by atoms with Crippen LogP contribution in [0.5, 0.6) is 5.75 Å². The van der Waals surface area contributed by atoms with Gasteiger partial charge in [0.2, 0.25) is 0 Å². The molecule has 0 aliphatic rings. The van der Waals surface area contributed by atoms with E-state index in [-0.39, 0.29) is 6.42 Å². The first kappa shape index (κ1) is 20.3. The van der Waals surface area contributed by atoms with Crippen LogP contribution < -0.4 is 10.1 Å². The number of benzene rings is 2. The highest BCUT2D eigenvalue weighted by molar-refractivity contribution is 5.96. The standard InChI is InChI=1S/C23H24N2O4/c1-3-28-21-11-7-6-10-20(21)25-23(27)16(2)29-22(26)15-14-18-13-12-17-8-4-5-9-19(17)24-18/h4-13,16H,3,14-15H2,1-2H3,(H,25,27). The number of carbonyl (C=O) groups is 2. The summed E-state index contributed by atoms with van der Waals surface area (Å²) in [5, 5.41) is 3.79. The minimum atomic E-state index is -0.915. The Morgan fingerprint density at radius 3 is 2.62 bits per heavy atom. The van der Waals surface area contributed by atoms with Crippen LogP contribution in [0.3, 0.4) is 0 Å². The quantitative estimate of drug-likeness (QED) is 0.583. The Bertz CT molecular complexity index is 1000. The smallest absolute Gasteiger partial charge is 0.306 e. The summed E-state index contributed by atoms with van der Waals surface area (Å²) in [5.74, 6) is -0.278. The minimum Gasteiger partial charge on any atom is -0.492 e. The summed E-state index contributed by atoms with van der Waals surface area (Å²) in [6, 6.07) is 18.8. The number of fused-ring (bicyclic) bond motifs is 1. The van der Waals surface area contributed by atoms with Crippen LogP contribution in [-0.4, -0.2) is 29.6 Å². The van der Waals surface area contributed by atoms with Crippen molar-refractivity contribution in [2.75, 3.05) is 11.9 Å². The molecule has 1 heterocycles. The Kier molecular flexibility index (Phi) is 6.79. The number of para-hydroxylation sites is 3. The molecule has 6 heteroatoms. The van der Waals surface area contributed by atoms with Gasteiger partial charge in [0.15, 0.2) is 6.10 Å². The third kappa shape index (κ3) is 5.54. The molecule has 0 fully saturated rings. The second kappa shape index (κ2) is 9.68. The average Bonchev–Trinajstić information content (AvgIpc) is 2.73. The zero-order valence-electron chi connectivity index (χ0n) is 16.6. The lowest BCUT2D eigenvalue weighted by Crippen LogP contribution is -2.30. The SMILES string of the molecule is CCOc1ccccc1NC(=O)C(C)OC(=O)CCc1ccc2ccccc2n1. The number of aryl methyl sites for hydroxylation is 1. The Labute approximate surface area is 169 Å². The number of nitrogens with one attached hydrogen (secondary N) is 1. The van der Waals surface area contributed by atoms with Gasteiger partial charge in [-0.05, 0) is 38.1 Å². The van der Waals surface area contributed by atoms with Crippen LogP contribution in [-0.2, 0) is 20.7 Å². The van der Waals surface area contributed by atoms with Crippen LogP contribution in [0.15, 0.2) is 60.7 Å². The molecule has 1 aromatic heterocycles. The van der Waals surface area contributed by atoms with E-state index in [0.29, 0.717) is 24.5 Å². The average molecular weight is 392 g/mol. The number of pyridine rings is 1. The molecule has 1 amide bonds. The molecule has 1 unspecified atom stereocenters. The summed E-state index contributed by atoms with van der Waals surface area (Å²) < 4.78 is 10.8. The first-order valence-electron chi connectivity index (χ1n) is 9.63. The third-order valence-corrected chi connectivity index (χ3v) is 4.36. The summed E-state index contributed by atoms with van der Waals surface area (Å²) in [7, 11) is 0. The fourth-order valence-electron chi connectivity index (χ4n) is 2.87. The lowest BCUT2D eigenvalue weighted by atomic mass is 10.1. The molecule has 0 spiro atoms. The monoisotopic (exact) mass is 392 g/mol. The first-order valence-corrected chi connectivity index (χ1v) is 9.63. The number of anilines is 1. The van der Waals surface area contributed by atoms with Crippen LogP contribution in [0.2, 0.25) is 0 Å². The number of rotatable bonds is 8. The van der Waals surface area contributed by atoms with Gasteiger partial charge in [-0.2, -0.15) is 0 Å². The molecule has 3 aromatic rings. The molecule has 0 radical (unpaired) electrons. The van der Waals surface area contributed by atoms with E-state index in [2.05, 4.69) is 10.3 Å². The van der Waals surface area contributed by atoms with Gasteiger partial charge in [-0.15, -0.1) is 0 Å². The summed E-state index contributed by atoms with van der Waals surface area (Å²) in [5.41, 5.74) is 2.24. The fourth-order valence-corrected chi connectivity index (χ4v) is 2.87. The van der Waals surface area contributed by atoms with E-state index in [9.17, 15) is 9.59 Å². The molecule has 0 aliphatic heterocycles. The molecule has 150 valence electrons. The number of amides is 1. The molecule has 0 aliphatic carbocycles. The Morgan fingerprint density at radius 1 is 1.03 bits per heavy atom. The van der Waals surface area contributed by atoms with Gasteiger partial charge >= 0.3 is 5.97 Å². The molecule has 6 nitrogen and oxygen atoms in total. The summed E-state index contributed by atoms with van der Waals surface area (Å²) in [4.78, 5) is 29.1. The van der Waals surface area contributed by atoms with Crippen molar-refractivity contribution >= 4 is 28.5 Å². The number of nitrogens with zero attached hydrogens (tertiary/aromatic N) is 1. The highest BCUT2D eigenvalue weighted by Gasteiger charge is 2.19. The zero-order valence-corrected chi connectivity index (χ0v) is 16.6. The van der Waals surface area contributed by atoms with Crippen molar-refractivity contribution in [1.82, 2.24) is 4.98 Å². The second-order valence-corrected chi connectivity index (χ2v) is 6.55. The molecule has 2 aromatic carbocycles. The lowest BCUT2D eigenvalue weighted by molar-refractivity contribution is -0.153. The van der Waals surface area contributed by atoms with Crippen LogP contribution in [0.25, 0.3) is 10.9 Å².